The van der Waals surface area contributed by atoms with Gasteiger partial charge in [-0.25, -0.2) is 4.79 Å². The van der Waals surface area contributed by atoms with E-state index in [1.807, 2.05) is 0 Å². The summed E-state index contributed by atoms with van der Waals surface area (Å²) in [6, 6.07) is 0. The van der Waals surface area contributed by atoms with Crippen LogP contribution in [0, 0.1) is 52.3 Å². The molecule has 0 aromatic heterocycles. The molecule has 45 heavy (non-hydrogen) atoms. The minimum atomic E-state index is -2.49. The van der Waals surface area contributed by atoms with Gasteiger partial charge in [-0.15, -0.1) is 0 Å². The highest BCUT2D eigenvalue weighted by Gasteiger charge is 2.59. The Labute approximate surface area is 270 Å². The lowest BCUT2D eigenvalue weighted by molar-refractivity contribution is -0.187. The highest BCUT2D eigenvalue weighted by Crippen LogP contribution is 2.67. The van der Waals surface area contributed by atoms with Gasteiger partial charge in [-0.05, 0) is 104 Å². The molecule has 4 rings (SSSR count). The molecule has 0 amide bonds. The van der Waals surface area contributed by atoms with E-state index in [0.717, 1.165) is 49.4 Å². The van der Waals surface area contributed by atoms with Crippen LogP contribution in [0.25, 0.3) is 0 Å². The molecule has 0 saturated heterocycles. The summed E-state index contributed by atoms with van der Waals surface area (Å²) in [7, 11) is 0. The van der Waals surface area contributed by atoms with Crippen molar-refractivity contribution in [1.29, 1.82) is 0 Å². The van der Waals surface area contributed by atoms with Crippen LogP contribution >= 0.6 is 0 Å². The molecule has 254 valence electrons. The van der Waals surface area contributed by atoms with Crippen molar-refractivity contribution in [2.75, 3.05) is 0 Å². The zero-order valence-corrected chi connectivity index (χ0v) is 28.7. The van der Waals surface area contributed by atoms with Gasteiger partial charge >= 0.3 is 23.9 Å². The predicted molar refractivity (Wildman–Crippen MR) is 171 cm³/mol. The van der Waals surface area contributed by atoms with E-state index < -0.39 is 48.4 Å². The van der Waals surface area contributed by atoms with Crippen molar-refractivity contribution in [3.63, 3.8) is 0 Å². The van der Waals surface area contributed by atoms with Gasteiger partial charge in [0, 0.05) is 13.3 Å². The van der Waals surface area contributed by atoms with Gasteiger partial charge in [0.25, 0.3) is 0 Å². The van der Waals surface area contributed by atoms with Crippen LogP contribution in [-0.2, 0) is 28.7 Å². The van der Waals surface area contributed by atoms with Crippen LogP contribution in [0.1, 0.15) is 132 Å². The van der Waals surface area contributed by atoms with Crippen LogP contribution in [0.2, 0.25) is 0 Å². The molecule has 0 spiro atoms. The lowest BCUT2D eigenvalue weighted by Gasteiger charge is -2.58. The van der Waals surface area contributed by atoms with Crippen LogP contribution in [0.15, 0.2) is 11.6 Å². The molecule has 0 aromatic rings. The minimum absolute atomic E-state index is 0.0638. The first kappa shape index (κ1) is 35.5. The fourth-order valence-electron chi connectivity index (χ4n) is 10.7. The van der Waals surface area contributed by atoms with E-state index in [2.05, 4.69) is 47.6 Å². The number of hydrogen-bond donors (Lipinski definition) is 2. The first-order valence-corrected chi connectivity index (χ1v) is 17.6. The molecule has 0 aromatic carbocycles. The van der Waals surface area contributed by atoms with Crippen LogP contribution < -0.4 is 0 Å². The number of hydrogen-bond acceptors (Lipinski definition) is 6. The van der Waals surface area contributed by atoms with Crippen molar-refractivity contribution in [2.45, 2.75) is 144 Å². The number of carbonyl (C=O) groups is 4. The first-order valence-electron chi connectivity index (χ1n) is 17.6. The van der Waals surface area contributed by atoms with Gasteiger partial charge in [-0.3, -0.25) is 14.4 Å². The maximum absolute atomic E-state index is 13.0. The maximum Gasteiger partial charge on any atom is 0.349 e. The summed E-state index contributed by atoms with van der Waals surface area (Å²) < 4.78 is 10.7. The molecule has 4 aliphatic carbocycles. The largest absolute Gasteiger partial charge is 0.481 e. The van der Waals surface area contributed by atoms with Gasteiger partial charge in [0.2, 0.25) is 5.60 Å². The van der Waals surface area contributed by atoms with E-state index in [1.165, 1.54) is 50.5 Å². The molecule has 8 nitrogen and oxygen atoms in total. The third-order valence-electron chi connectivity index (χ3n) is 13.2. The number of aliphatic carboxylic acids is 2. The van der Waals surface area contributed by atoms with E-state index in [0.29, 0.717) is 30.1 Å². The number of allylic oxidation sites excluding steroid dienone is 1. The van der Waals surface area contributed by atoms with E-state index in [4.69, 9.17) is 9.47 Å². The fraction of sp³-hybridized carbons (Fsp3) is 0.838. The predicted octanol–water partition coefficient (Wildman–Crippen LogP) is 7.83. The molecular weight excluding hydrogens is 572 g/mol. The molecule has 0 bridgehead atoms. The molecule has 3 saturated carbocycles. The van der Waals surface area contributed by atoms with Gasteiger partial charge in [-0.2, -0.15) is 0 Å². The van der Waals surface area contributed by atoms with Gasteiger partial charge in [0.1, 0.15) is 6.10 Å². The molecule has 8 heteroatoms. The number of carbonyl (C=O) groups excluding carboxylic acids is 2. The second-order valence-electron chi connectivity index (χ2n) is 15.9. The van der Waals surface area contributed by atoms with Gasteiger partial charge < -0.3 is 19.7 Å². The van der Waals surface area contributed by atoms with Gasteiger partial charge in [0.05, 0.1) is 12.8 Å². The van der Waals surface area contributed by atoms with E-state index in [9.17, 15) is 29.4 Å². The van der Waals surface area contributed by atoms with E-state index in [1.54, 1.807) is 0 Å². The fourth-order valence-corrected chi connectivity index (χ4v) is 10.7. The number of rotatable bonds is 13. The topological polar surface area (TPSA) is 127 Å². The Balaban J connectivity index is 1.42. The molecule has 0 aliphatic heterocycles. The van der Waals surface area contributed by atoms with Crippen LogP contribution in [-0.4, -0.2) is 45.8 Å². The zero-order chi connectivity index (χ0) is 33.3. The lowest BCUT2D eigenvalue weighted by atomic mass is 9.47. The van der Waals surface area contributed by atoms with Crippen LogP contribution in [0.4, 0.5) is 0 Å². The molecule has 9 unspecified atom stereocenters. The van der Waals surface area contributed by atoms with E-state index >= 15 is 0 Å². The van der Waals surface area contributed by atoms with Crippen molar-refractivity contribution in [2.24, 2.45) is 52.3 Å². The zero-order valence-electron chi connectivity index (χ0n) is 28.7. The Morgan fingerprint density at radius 1 is 0.978 bits per heavy atom. The molecule has 0 radical (unpaired) electrons. The monoisotopic (exact) mass is 630 g/mol. The summed E-state index contributed by atoms with van der Waals surface area (Å²) in [5.74, 6) is 0.197. The Morgan fingerprint density at radius 2 is 1.69 bits per heavy atom. The molecule has 3 fully saturated rings. The molecule has 10 atom stereocenters. The number of ether oxygens (including phenoxy) is 2. The first-order chi connectivity index (χ1) is 21.1. The maximum atomic E-state index is 13.0. The standard InChI is InChI=1S/C37H58O8/c1-8-25(22(2)3)10-9-23(4)29-13-14-30-28-12-11-26-19-27(15-17-35(26,6)31(28)16-18-36(29,30)7)44-33(41)21-37(34(42)43,20-32(39)40)45-24(5)38/h11,22-23,25,27-31H,8-10,12-21H2,1-7H3,(H,39,40)(H,42,43)/t23?,25-,27?,28?,29?,30?,31?,35?,36?,37?/m1/s1. The number of carboxylic acids is 2. The van der Waals surface area contributed by atoms with Crippen molar-refractivity contribution in [3.05, 3.63) is 11.6 Å². The summed E-state index contributed by atoms with van der Waals surface area (Å²) in [6.45, 7) is 15.6. The average Bonchev–Trinajstić information content (AvgIpc) is 3.29. The quantitative estimate of drug-likeness (QED) is 0.156. The van der Waals surface area contributed by atoms with Crippen molar-refractivity contribution in [1.82, 2.24) is 0 Å². The van der Waals surface area contributed by atoms with Gasteiger partial charge in [0.15, 0.2) is 0 Å². The van der Waals surface area contributed by atoms with Crippen LogP contribution in [0.5, 0.6) is 0 Å². The molecule has 2 N–H and O–H groups in total. The minimum Gasteiger partial charge on any atom is -0.481 e. The third kappa shape index (κ3) is 7.15. The smallest absolute Gasteiger partial charge is 0.349 e. The Morgan fingerprint density at radius 3 is 2.29 bits per heavy atom. The second-order valence-corrected chi connectivity index (χ2v) is 15.9. The van der Waals surface area contributed by atoms with Crippen LogP contribution in [0.3, 0.4) is 0 Å². The van der Waals surface area contributed by atoms with Crippen molar-refractivity contribution in [3.8, 4) is 0 Å². The second kappa shape index (κ2) is 13.8. The van der Waals surface area contributed by atoms with Crippen molar-refractivity contribution >= 4 is 23.9 Å². The molecule has 0 heterocycles. The summed E-state index contributed by atoms with van der Waals surface area (Å²) in [6.07, 6.45) is 12.5. The third-order valence-corrected chi connectivity index (χ3v) is 13.2. The number of fused-ring (bicyclic) bond motifs is 5. The highest BCUT2D eigenvalue weighted by molar-refractivity contribution is 5.90. The molecule has 4 aliphatic rings. The van der Waals surface area contributed by atoms with E-state index in [-0.39, 0.29) is 5.41 Å². The Bertz CT molecular complexity index is 1140. The molecular formula is C37H58O8. The summed E-state index contributed by atoms with van der Waals surface area (Å²) in [4.78, 5) is 47.9. The Hall–Kier alpha value is -2.38. The van der Waals surface area contributed by atoms with Gasteiger partial charge in [-0.1, -0.05) is 66.0 Å². The SMILES string of the molecule is CC[C@H](CCC(C)C1CCC2C3CC=C4CC(OC(=O)CC(CC(=O)O)(OC(C)=O)C(=O)O)CCC4(C)C3CCC12C)C(C)C. The number of esters is 2. The average molecular weight is 631 g/mol. The Kier molecular flexibility index (Phi) is 10.9. The highest BCUT2D eigenvalue weighted by atomic mass is 16.6. The normalized spacial score (nSPS) is 35.1. The summed E-state index contributed by atoms with van der Waals surface area (Å²) in [5, 5.41) is 19.0. The summed E-state index contributed by atoms with van der Waals surface area (Å²) in [5.41, 5.74) is -0.682. The lowest BCUT2D eigenvalue weighted by Crippen LogP contribution is -2.51. The number of carboxylic acid groups (broad SMARTS) is 2. The van der Waals surface area contributed by atoms with Crippen molar-refractivity contribution < 1.29 is 38.9 Å². The summed E-state index contributed by atoms with van der Waals surface area (Å²) >= 11 is 0.